The van der Waals surface area contributed by atoms with Crippen LogP contribution in [-0.4, -0.2) is 37.1 Å². The first-order chi connectivity index (χ1) is 14.1. The number of esters is 1. The van der Waals surface area contributed by atoms with Gasteiger partial charge in [0.05, 0.1) is 26.3 Å². The highest BCUT2D eigenvalue weighted by molar-refractivity contribution is 6.29. The van der Waals surface area contributed by atoms with Crippen LogP contribution in [0.4, 0.5) is 0 Å². The third-order valence-electron chi connectivity index (χ3n) is 4.39. The minimum atomic E-state index is -0.339. The number of aromatic nitrogens is 1. The molecule has 2 rings (SSSR count). The summed E-state index contributed by atoms with van der Waals surface area (Å²) in [7, 11) is 1.33. The second-order valence-corrected chi connectivity index (χ2v) is 7.00. The summed E-state index contributed by atoms with van der Waals surface area (Å²) < 4.78 is 10.2. The summed E-state index contributed by atoms with van der Waals surface area (Å²) in [6.07, 6.45) is 7.08. The van der Waals surface area contributed by atoms with E-state index in [1.807, 2.05) is 30.3 Å². The monoisotopic (exact) mass is 418 g/mol. The maximum atomic E-state index is 12.0. The van der Waals surface area contributed by atoms with Crippen molar-refractivity contribution < 1.29 is 19.1 Å². The minimum Gasteiger partial charge on any atom is -0.492 e. The molecule has 0 aliphatic rings. The molecule has 0 spiro atoms. The van der Waals surface area contributed by atoms with Gasteiger partial charge in [-0.25, -0.2) is 4.98 Å². The average Bonchev–Trinajstić information content (AvgIpc) is 2.74. The van der Waals surface area contributed by atoms with Gasteiger partial charge in [0.2, 0.25) is 0 Å². The quantitative estimate of drug-likeness (QED) is 0.317. The molecule has 1 amide bonds. The van der Waals surface area contributed by atoms with Crippen molar-refractivity contribution in [3.63, 3.8) is 0 Å². The Hall–Kier alpha value is -2.60. The number of ether oxygens (including phenoxy) is 2. The molecule has 156 valence electrons. The molecule has 1 heterocycles. The molecule has 1 aromatic carbocycles. The van der Waals surface area contributed by atoms with Crippen LogP contribution >= 0.6 is 11.6 Å². The smallest absolute Gasteiger partial charge is 0.307 e. The lowest BCUT2D eigenvalue weighted by Crippen LogP contribution is -2.26. The van der Waals surface area contributed by atoms with Crippen LogP contribution in [0.2, 0.25) is 5.15 Å². The van der Waals surface area contributed by atoms with E-state index in [-0.39, 0.29) is 24.8 Å². The predicted molar refractivity (Wildman–Crippen MR) is 112 cm³/mol. The zero-order valence-corrected chi connectivity index (χ0v) is 17.4. The van der Waals surface area contributed by atoms with Gasteiger partial charge in [0, 0.05) is 12.1 Å². The molecule has 1 N–H and O–H groups in total. The number of methoxy groups -OCH3 is 1. The van der Waals surface area contributed by atoms with Crippen molar-refractivity contribution in [2.24, 2.45) is 0 Å². The lowest BCUT2D eigenvalue weighted by atomic mass is 10.0. The van der Waals surface area contributed by atoms with E-state index in [4.69, 9.17) is 16.3 Å². The van der Waals surface area contributed by atoms with Gasteiger partial charge in [-0.1, -0.05) is 36.6 Å². The van der Waals surface area contributed by atoms with Crippen LogP contribution in [0.3, 0.4) is 0 Å². The first-order valence-electron chi connectivity index (χ1n) is 9.77. The summed E-state index contributed by atoms with van der Waals surface area (Å²) in [6.45, 7) is 0.939. The zero-order valence-electron chi connectivity index (χ0n) is 16.7. The number of carbonyl (C=O) groups is 2. The minimum absolute atomic E-state index is 0.169. The van der Waals surface area contributed by atoms with Crippen LogP contribution in [0.5, 0.6) is 5.75 Å². The van der Waals surface area contributed by atoms with Crippen molar-refractivity contribution >= 4 is 23.5 Å². The Morgan fingerprint density at radius 1 is 1.03 bits per heavy atom. The van der Waals surface area contributed by atoms with E-state index in [0.717, 1.165) is 37.9 Å². The number of carbonyl (C=O) groups excluding carboxylic acids is 2. The number of aryl methyl sites for hydroxylation is 1. The molecule has 2 aromatic rings. The molecule has 0 aliphatic heterocycles. The van der Waals surface area contributed by atoms with Crippen molar-refractivity contribution in [1.82, 2.24) is 10.3 Å². The number of amides is 1. The number of hydrogen-bond donors (Lipinski definition) is 1. The lowest BCUT2D eigenvalue weighted by molar-refractivity contribution is -0.140. The summed E-state index contributed by atoms with van der Waals surface area (Å²) in [6, 6.07) is 11.1. The van der Waals surface area contributed by atoms with Gasteiger partial charge in [0.25, 0.3) is 5.91 Å². The van der Waals surface area contributed by atoms with Gasteiger partial charge >= 0.3 is 5.97 Å². The lowest BCUT2D eigenvalue weighted by Gasteiger charge is -2.07. The van der Waals surface area contributed by atoms with Crippen molar-refractivity contribution in [3.8, 4) is 5.75 Å². The summed E-state index contributed by atoms with van der Waals surface area (Å²) in [5.74, 6) is 0.217. The average molecular weight is 419 g/mol. The maximum Gasteiger partial charge on any atom is 0.307 e. The van der Waals surface area contributed by atoms with Crippen molar-refractivity contribution in [2.75, 3.05) is 20.3 Å². The van der Waals surface area contributed by atoms with Gasteiger partial charge in [-0.15, -0.1) is 0 Å². The van der Waals surface area contributed by atoms with Crippen LogP contribution in [-0.2, 0) is 16.0 Å². The van der Waals surface area contributed by atoms with Crippen LogP contribution in [0, 0.1) is 0 Å². The summed E-state index contributed by atoms with van der Waals surface area (Å²) in [5, 5.41) is 3.17. The fourth-order valence-corrected chi connectivity index (χ4v) is 2.84. The zero-order chi connectivity index (χ0) is 20.9. The Morgan fingerprint density at radius 2 is 1.79 bits per heavy atom. The van der Waals surface area contributed by atoms with Crippen molar-refractivity contribution in [3.05, 3.63) is 58.9 Å². The van der Waals surface area contributed by atoms with Gasteiger partial charge in [-0.2, -0.15) is 0 Å². The van der Waals surface area contributed by atoms with E-state index in [2.05, 4.69) is 15.0 Å². The second-order valence-electron chi connectivity index (χ2n) is 6.61. The Bertz CT molecular complexity index is 763. The van der Waals surface area contributed by atoms with Gasteiger partial charge in [-0.05, 0) is 49.1 Å². The number of halogens is 1. The molecule has 6 nitrogen and oxygen atoms in total. The van der Waals surface area contributed by atoms with Gasteiger partial charge < -0.3 is 14.8 Å². The number of nitrogens with one attached hydrogen (secondary N) is 1. The van der Waals surface area contributed by atoms with Crippen LogP contribution in [0.25, 0.3) is 0 Å². The van der Waals surface area contributed by atoms with Crippen LogP contribution < -0.4 is 10.1 Å². The largest absolute Gasteiger partial charge is 0.492 e. The van der Waals surface area contributed by atoms with Crippen molar-refractivity contribution in [2.45, 2.75) is 38.5 Å². The highest BCUT2D eigenvalue weighted by atomic mass is 35.5. The van der Waals surface area contributed by atoms with Crippen LogP contribution in [0.15, 0.2) is 42.6 Å². The topological polar surface area (TPSA) is 77.5 Å². The Labute approximate surface area is 176 Å². The predicted octanol–water partition coefficient (Wildman–Crippen LogP) is 4.21. The number of hydrogen-bond acceptors (Lipinski definition) is 5. The normalized spacial score (nSPS) is 10.4. The van der Waals surface area contributed by atoms with Gasteiger partial charge in [0.1, 0.15) is 10.9 Å². The maximum absolute atomic E-state index is 12.0. The third-order valence-corrected chi connectivity index (χ3v) is 4.61. The third kappa shape index (κ3) is 8.96. The summed E-state index contributed by atoms with van der Waals surface area (Å²) in [5.41, 5.74) is 1.80. The molecule has 1 aromatic heterocycles. The van der Waals surface area contributed by atoms with Crippen molar-refractivity contribution in [1.29, 1.82) is 0 Å². The molecule has 0 saturated carbocycles. The number of pyridine rings is 1. The number of nitrogens with zero attached hydrogens (tertiary/aromatic N) is 1. The van der Waals surface area contributed by atoms with E-state index in [1.54, 1.807) is 12.3 Å². The number of rotatable bonds is 12. The molecule has 0 saturated heterocycles. The molecule has 0 unspecified atom stereocenters. The fraction of sp³-hybridized carbons (Fsp3) is 0.409. The fourth-order valence-electron chi connectivity index (χ4n) is 2.73. The molecule has 0 atom stereocenters. The molecule has 0 bridgehead atoms. The summed E-state index contributed by atoms with van der Waals surface area (Å²) in [4.78, 5) is 27.0. The standard InChI is InChI=1S/C22H27ClN2O4/c1-28-21(26)13-14-24-22(27)18-9-7-17(8-10-18)6-4-2-3-5-15-29-19-11-12-20(23)25-16-19/h7-12,16H,2-6,13-15H2,1H3,(H,24,27). The molecule has 7 heteroatoms. The molecule has 0 fully saturated rings. The number of unbranched alkanes of at least 4 members (excludes halogenated alkanes) is 3. The van der Waals surface area contributed by atoms with E-state index >= 15 is 0 Å². The molecular weight excluding hydrogens is 392 g/mol. The van der Waals surface area contributed by atoms with E-state index < -0.39 is 0 Å². The first kappa shape index (κ1) is 22.7. The first-order valence-corrected chi connectivity index (χ1v) is 10.1. The van der Waals surface area contributed by atoms with E-state index in [1.165, 1.54) is 12.7 Å². The van der Waals surface area contributed by atoms with Crippen LogP contribution in [0.1, 0.15) is 48.0 Å². The van der Waals surface area contributed by atoms with E-state index in [0.29, 0.717) is 17.3 Å². The SMILES string of the molecule is COC(=O)CCNC(=O)c1ccc(CCCCCCOc2ccc(Cl)nc2)cc1. The molecule has 29 heavy (non-hydrogen) atoms. The summed E-state index contributed by atoms with van der Waals surface area (Å²) >= 11 is 5.74. The molecule has 0 radical (unpaired) electrons. The highest BCUT2D eigenvalue weighted by Gasteiger charge is 2.06. The molecule has 0 aliphatic carbocycles. The molecular formula is C22H27ClN2O4. The number of benzene rings is 1. The Morgan fingerprint density at radius 3 is 2.48 bits per heavy atom. The van der Waals surface area contributed by atoms with Gasteiger partial charge in [-0.3, -0.25) is 9.59 Å². The Balaban J connectivity index is 1.56. The second kappa shape index (κ2) is 12.8. The van der Waals surface area contributed by atoms with Gasteiger partial charge in [0.15, 0.2) is 0 Å². The highest BCUT2D eigenvalue weighted by Crippen LogP contribution is 2.13. The van der Waals surface area contributed by atoms with E-state index in [9.17, 15) is 9.59 Å². The Kier molecular flexibility index (Phi) is 10.00.